The first-order valence-electron chi connectivity index (χ1n) is 3.75. The second kappa shape index (κ2) is 5.50. The first-order valence-corrected chi connectivity index (χ1v) is 3.75. The highest BCUT2D eigenvalue weighted by atomic mass is 16.5. The number of aliphatic hydroxyl groups is 1. The molecule has 0 aliphatic heterocycles. The third-order valence-electron chi connectivity index (χ3n) is 1.20. The van der Waals surface area contributed by atoms with Crippen molar-refractivity contribution < 1.29 is 24.5 Å². The molecule has 6 nitrogen and oxygen atoms in total. The van der Waals surface area contributed by atoms with Crippen molar-refractivity contribution in [3.8, 4) is 0 Å². The number of carbonyl (C=O) groups excluding carboxylic acids is 1. The van der Waals surface area contributed by atoms with Crippen LogP contribution in [0.4, 0.5) is 0 Å². The first-order chi connectivity index (χ1) is 5.93. The molecule has 13 heavy (non-hydrogen) atoms. The van der Waals surface area contributed by atoms with Gasteiger partial charge in [0.05, 0.1) is 12.5 Å². The van der Waals surface area contributed by atoms with Crippen molar-refractivity contribution in [3.63, 3.8) is 0 Å². The zero-order valence-electron chi connectivity index (χ0n) is 7.27. The van der Waals surface area contributed by atoms with Gasteiger partial charge in [-0.2, -0.15) is 0 Å². The summed E-state index contributed by atoms with van der Waals surface area (Å²) in [5.41, 5.74) is 5.06. The summed E-state index contributed by atoms with van der Waals surface area (Å²) in [6, 6.07) is -1.21. The number of hydrogen-bond acceptors (Lipinski definition) is 5. The van der Waals surface area contributed by atoms with Crippen LogP contribution in [0.15, 0.2) is 0 Å². The summed E-state index contributed by atoms with van der Waals surface area (Å²) >= 11 is 0. The van der Waals surface area contributed by atoms with E-state index in [4.69, 9.17) is 15.9 Å². The Morgan fingerprint density at radius 3 is 2.46 bits per heavy atom. The molecule has 0 aromatic carbocycles. The molecule has 2 atom stereocenters. The number of carboxylic acids is 1. The maximum atomic E-state index is 10.7. The molecule has 0 amide bonds. The molecule has 2 unspecified atom stereocenters. The van der Waals surface area contributed by atoms with Gasteiger partial charge < -0.3 is 20.7 Å². The fraction of sp³-hybridized carbons (Fsp3) is 0.714. The zero-order chi connectivity index (χ0) is 10.4. The number of carbonyl (C=O) groups is 2. The lowest BCUT2D eigenvalue weighted by atomic mass is 10.3. The molecular formula is C7H13NO5. The van der Waals surface area contributed by atoms with Gasteiger partial charge in [0.25, 0.3) is 0 Å². The van der Waals surface area contributed by atoms with E-state index in [1.54, 1.807) is 0 Å². The normalized spacial score (nSPS) is 14.7. The van der Waals surface area contributed by atoms with Crippen LogP contribution in [0, 0.1) is 0 Å². The molecule has 4 N–H and O–H groups in total. The highest BCUT2D eigenvalue weighted by Gasteiger charge is 2.14. The second-order valence-electron chi connectivity index (χ2n) is 2.68. The van der Waals surface area contributed by atoms with Crippen molar-refractivity contribution >= 4 is 11.9 Å². The van der Waals surface area contributed by atoms with Gasteiger partial charge in [0, 0.05) is 0 Å². The highest BCUT2D eigenvalue weighted by molar-refractivity contribution is 5.74. The lowest BCUT2D eigenvalue weighted by Crippen LogP contribution is -2.36. The lowest BCUT2D eigenvalue weighted by molar-refractivity contribution is -0.149. The Labute approximate surface area is 75.3 Å². The standard InChI is InChI=1S/C7H13NO5/c1-4(9)2-6(10)13-3-5(8)7(11)12/h4-5,9H,2-3,8H2,1H3,(H,11,12). The predicted molar refractivity (Wildman–Crippen MR) is 42.9 cm³/mol. The summed E-state index contributed by atoms with van der Waals surface area (Å²) in [5.74, 6) is -1.89. The second-order valence-corrected chi connectivity index (χ2v) is 2.68. The molecule has 0 radical (unpaired) electrons. The monoisotopic (exact) mass is 191 g/mol. The molecule has 0 bridgehead atoms. The molecule has 0 aliphatic carbocycles. The van der Waals surface area contributed by atoms with Crippen molar-refractivity contribution in [2.75, 3.05) is 6.61 Å². The molecule has 0 aliphatic rings. The minimum Gasteiger partial charge on any atom is -0.480 e. The average Bonchev–Trinajstić information content (AvgIpc) is 1.98. The topological polar surface area (TPSA) is 110 Å². The minimum absolute atomic E-state index is 0.160. The summed E-state index contributed by atoms with van der Waals surface area (Å²) in [5, 5.41) is 17.1. The number of hydrogen-bond donors (Lipinski definition) is 3. The molecule has 76 valence electrons. The van der Waals surface area contributed by atoms with Gasteiger partial charge in [-0.1, -0.05) is 0 Å². The summed E-state index contributed by atoms with van der Waals surface area (Å²) in [4.78, 5) is 20.9. The van der Waals surface area contributed by atoms with Crippen LogP contribution in [0.1, 0.15) is 13.3 Å². The molecular weight excluding hydrogens is 178 g/mol. The fourth-order valence-corrected chi connectivity index (χ4v) is 0.554. The summed E-state index contributed by atoms with van der Waals surface area (Å²) in [6.45, 7) is 1.05. The van der Waals surface area contributed by atoms with Gasteiger partial charge in [-0.3, -0.25) is 9.59 Å². The Kier molecular flexibility index (Phi) is 5.01. The van der Waals surface area contributed by atoms with Gasteiger partial charge in [-0.05, 0) is 6.92 Å². The third-order valence-corrected chi connectivity index (χ3v) is 1.20. The third kappa shape index (κ3) is 6.06. The van der Waals surface area contributed by atoms with E-state index >= 15 is 0 Å². The molecule has 0 heterocycles. The number of aliphatic hydroxyl groups excluding tert-OH is 1. The van der Waals surface area contributed by atoms with Gasteiger partial charge in [0.2, 0.25) is 0 Å². The van der Waals surface area contributed by atoms with E-state index in [0.717, 1.165) is 0 Å². The molecule has 0 fully saturated rings. The fourth-order valence-electron chi connectivity index (χ4n) is 0.554. The molecule has 6 heteroatoms. The number of esters is 1. The van der Waals surface area contributed by atoms with Gasteiger partial charge in [-0.25, -0.2) is 0 Å². The van der Waals surface area contributed by atoms with Crippen LogP contribution in [0.2, 0.25) is 0 Å². The minimum atomic E-state index is -1.23. The van der Waals surface area contributed by atoms with Crippen LogP contribution < -0.4 is 5.73 Å². The van der Waals surface area contributed by atoms with Gasteiger partial charge in [0.1, 0.15) is 12.6 Å². The van der Waals surface area contributed by atoms with E-state index in [9.17, 15) is 9.59 Å². The molecule has 0 saturated heterocycles. The first kappa shape index (κ1) is 11.9. The van der Waals surface area contributed by atoms with E-state index in [1.165, 1.54) is 6.92 Å². The smallest absolute Gasteiger partial charge is 0.324 e. The van der Waals surface area contributed by atoms with Gasteiger partial charge in [0.15, 0.2) is 0 Å². The Bertz CT molecular complexity index is 191. The average molecular weight is 191 g/mol. The van der Waals surface area contributed by atoms with Crippen LogP contribution in [-0.2, 0) is 14.3 Å². The van der Waals surface area contributed by atoms with Crippen molar-refractivity contribution in [1.82, 2.24) is 0 Å². The van der Waals surface area contributed by atoms with Crippen LogP contribution in [0.25, 0.3) is 0 Å². The molecule has 0 spiro atoms. The predicted octanol–water partition coefficient (Wildman–Crippen LogP) is -1.29. The summed E-state index contributed by atoms with van der Waals surface area (Å²) in [7, 11) is 0. The number of carboxylic acid groups (broad SMARTS) is 1. The Morgan fingerprint density at radius 2 is 2.08 bits per heavy atom. The maximum absolute atomic E-state index is 10.7. The molecule has 0 aromatic rings. The van der Waals surface area contributed by atoms with Gasteiger partial charge >= 0.3 is 11.9 Å². The van der Waals surface area contributed by atoms with Crippen molar-refractivity contribution in [3.05, 3.63) is 0 Å². The highest BCUT2D eigenvalue weighted by Crippen LogP contribution is 1.93. The number of ether oxygens (including phenoxy) is 1. The molecule has 0 saturated carbocycles. The van der Waals surface area contributed by atoms with Crippen LogP contribution >= 0.6 is 0 Å². The lowest BCUT2D eigenvalue weighted by Gasteiger charge is -2.08. The van der Waals surface area contributed by atoms with Crippen LogP contribution in [0.5, 0.6) is 0 Å². The van der Waals surface area contributed by atoms with Crippen LogP contribution in [-0.4, -0.2) is 40.9 Å². The van der Waals surface area contributed by atoms with Crippen LogP contribution in [0.3, 0.4) is 0 Å². The number of rotatable bonds is 5. The van der Waals surface area contributed by atoms with E-state index < -0.39 is 24.1 Å². The quantitative estimate of drug-likeness (QED) is 0.466. The van der Waals surface area contributed by atoms with E-state index in [0.29, 0.717) is 0 Å². The Balaban J connectivity index is 3.64. The van der Waals surface area contributed by atoms with Gasteiger partial charge in [-0.15, -0.1) is 0 Å². The maximum Gasteiger partial charge on any atom is 0.324 e. The number of aliphatic carboxylic acids is 1. The van der Waals surface area contributed by atoms with E-state index in [1.807, 2.05) is 0 Å². The van der Waals surface area contributed by atoms with Crippen molar-refractivity contribution in [2.24, 2.45) is 5.73 Å². The summed E-state index contributed by atoms with van der Waals surface area (Å²) < 4.78 is 4.47. The summed E-state index contributed by atoms with van der Waals surface area (Å²) in [6.07, 6.45) is -0.958. The van der Waals surface area contributed by atoms with E-state index in [-0.39, 0.29) is 13.0 Å². The Hall–Kier alpha value is -1.14. The molecule has 0 rings (SSSR count). The Morgan fingerprint density at radius 1 is 1.54 bits per heavy atom. The van der Waals surface area contributed by atoms with Crippen molar-refractivity contribution in [1.29, 1.82) is 0 Å². The number of nitrogens with two attached hydrogens (primary N) is 1. The largest absolute Gasteiger partial charge is 0.480 e. The molecule has 0 aromatic heterocycles. The van der Waals surface area contributed by atoms with Crippen molar-refractivity contribution in [2.45, 2.75) is 25.5 Å². The zero-order valence-corrected chi connectivity index (χ0v) is 7.27. The SMILES string of the molecule is CC(O)CC(=O)OCC(N)C(=O)O. The van der Waals surface area contributed by atoms with E-state index in [2.05, 4.69) is 4.74 Å².